The van der Waals surface area contributed by atoms with Gasteiger partial charge in [-0.05, 0) is 32.9 Å². The Balaban J connectivity index is 2.13. The minimum Gasteiger partial charge on any atom is -0.352 e. The summed E-state index contributed by atoms with van der Waals surface area (Å²) >= 11 is 5.96. The second kappa shape index (κ2) is 7.26. The van der Waals surface area contributed by atoms with Crippen LogP contribution in [0.15, 0.2) is 28.8 Å². The maximum absolute atomic E-state index is 11.9. The van der Waals surface area contributed by atoms with Gasteiger partial charge in [-0.25, -0.2) is 0 Å². The Morgan fingerprint density at radius 3 is 2.86 bits per heavy atom. The van der Waals surface area contributed by atoms with Gasteiger partial charge in [0.1, 0.15) is 6.54 Å². The van der Waals surface area contributed by atoms with Crippen LogP contribution in [0.5, 0.6) is 0 Å². The Kier molecular flexibility index (Phi) is 5.38. The first-order valence-corrected chi connectivity index (χ1v) is 7.51. The van der Waals surface area contributed by atoms with Crippen molar-refractivity contribution in [2.45, 2.75) is 26.8 Å². The Morgan fingerprint density at radius 2 is 2.23 bits per heavy atom. The summed E-state index contributed by atoms with van der Waals surface area (Å²) in [5, 5.41) is 7.39. The quantitative estimate of drug-likeness (QED) is 0.885. The van der Waals surface area contributed by atoms with Crippen molar-refractivity contribution in [3.05, 3.63) is 29.3 Å². The summed E-state index contributed by atoms with van der Waals surface area (Å²) in [5.74, 6) is 0.361. The maximum atomic E-state index is 11.9. The fourth-order valence-corrected chi connectivity index (χ4v) is 2.13. The van der Waals surface area contributed by atoms with Gasteiger partial charge < -0.3 is 14.7 Å². The molecule has 118 valence electrons. The summed E-state index contributed by atoms with van der Waals surface area (Å²) in [5.41, 5.74) is 0.769. The third-order valence-corrected chi connectivity index (χ3v) is 3.17. The summed E-state index contributed by atoms with van der Waals surface area (Å²) in [6, 6.07) is 7.62. The van der Waals surface area contributed by atoms with Crippen LogP contribution >= 0.6 is 11.6 Å². The Bertz CT molecular complexity index is 642. The molecule has 1 aromatic carbocycles. The topological polar surface area (TPSA) is 71.3 Å². The van der Waals surface area contributed by atoms with Crippen LogP contribution < -0.4 is 10.2 Å². The van der Waals surface area contributed by atoms with Crippen molar-refractivity contribution in [3.63, 3.8) is 0 Å². The van der Waals surface area contributed by atoms with Crippen molar-refractivity contribution in [1.82, 2.24) is 15.5 Å². The zero-order valence-corrected chi connectivity index (χ0v) is 13.6. The minimum absolute atomic E-state index is 0.0839. The third-order valence-electron chi connectivity index (χ3n) is 2.93. The number of rotatable bonds is 6. The van der Waals surface area contributed by atoms with Gasteiger partial charge in [-0.1, -0.05) is 28.9 Å². The summed E-state index contributed by atoms with van der Waals surface area (Å²) in [6.07, 6.45) is 0. The molecule has 0 unspecified atom stereocenters. The number of amides is 1. The van der Waals surface area contributed by atoms with E-state index in [4.69, 9.17) is 16.1 Å². The van der Waals surface area contributed by atoms with Crippen LogP contribution in [0.2, 0.25) is 5.02 Å². The van der Waals surface area contributed by atoms with Crippen molar-refractivity contribution in [2.24, 2.45) is 0 Å². The molecule has 1 N–H and O–H groups in total. The lowest BCUT2D eigenvalue weighted by Gasteiger charge is -2.18. The van der Waals surface area contributed by atoms with Crippen molar-refractivity contribution in [2.75, 3.05) is 18.0 Å². The van der Waals surface area contributed by atoms with E-state index in [2.05, 4.69) is 15.5 Å². The molecular weight excluding hydrogens is 304 g/mol. The molecule has 0 saturated carbocycles. The Labute approximate surface area is 134 Å². The second-order valence-corrected chi connectivity index (χ2v) is 5.58. The van der Waals surface area contributed by atoms with Crippen molar-refractivity contribution < 1.29 is 9.32 Å². The number of nitrogens with one attached hydrogen (secondary N) is 1. The molecule has 0 aliphatic rings. The maximum Gasteiger partial charge on any atom is 0.324 e. The van der Waals surface area contributed by atoms with Crippen LogP contribution in [-0.4, -0.2) is 35.2 Å². The molecule has 2 aromatic rings. The van der Waals surface area contributed by atoms with Gasteiger partial charge in [-0.3, -0.25) is 4.79 Å². The minimum atomic E-state index is -0.0839. The normalized spacial score (nSPS) is 10.8. The molecule has 1 heterocycles. The van der Waals surface area contributed by atoms with E-state index in [1.165, 1.54) is 0 Å². The Hall–Kier alpha value is -2.08. The van der Waals surface area contributed by atoms with Gasteiger partial charge >= 0.3 is 6.01 Å². The summed E-state index contributed by atoms with van der Waals surface area (Å²) < 4.78 is 5.26. The van der Waals surface area contributed by atoms with Gasteiger partial charge in [0.15, 0.2) is 0 Å². The van der Waals surface area contributed by atoms with E-state index in [9.17, 15) is 4.79 Å². The summed E-state index contributed by atoms with van der Waals surface area (Å²) in [7, 11) is 0. The second-order valence-electron chi connectivity index (χ2n) is 5.15. The van der Waals surface area contributed by atoms with Crippen LogP contribution in [0, 0.1) is 0 Å². The van der Waals surface area contributed by atoms with Crippen LogP contribution in [0.1, 0.15) is 20.8 Å². The van der Waals surface area contributed by atoms with E-state index in [-0.39, 0.29) is 18.5 Å². The van der Waals surface area contributed by atoms with E-state index in [0.29, 0.717) is 23.4 Å². The number of aromatic nitrogens is 2. The van der Waals surface area contributed by atoms with Gasteiger partial charge in [0.25, 0.3) is 0 Å². The first kappa shape index (κ1) is 16.3. The van der Waals surface area contributed by atoms with E-state index in [0.717, 1.165) is 5.56 Å². The van der Waals surface area contributed by atoms with Gasteiger partial charge in [-0.2, -0.15) is 4.98 Å². The highest BCUT2D eigenvalue weighted by atomic mass is 35.5. The lowest BCUT2D eigenvalue weighted by molar-refractivity contribution is -0.120. The largest absolute Gasteiger partial charge is 0.352 e. The smallest absolute Gasteiger partial charge is 0.324 e. The van der Waals surface area contributed by atoms with Gasteiger partial charge in [-0.15, -0.1) is 0 Å². The highest BCUT2D eigenvalue weighted by Crippen LogP contribution is 2.22. The number of halogens is 1. The SMILES string of the molecule is CCN(CC(=O)NC(C)C)c1nc(-c2cccc(Cl)c2)no1. The molecule has 0 atom stereocenters. The number of benzene rings is 1. The number of hydrogen-bond donors (Lipinski definition) is 1. The number of carbonyl (C=O) groups excluding carboxylic acids is 1. The molecular formula is C15H19ClN4O2. The van der Waals surface area contributed by atoms with Crippen LogP contribution in [0.4, 0.5) is 6.01 Å². The van der Waals surface area contributed by atoms with Crippen molar-refractivity contribution in [1.29, 1.82) is 0 Å². The summed E-state index contributed by atoms with van der Waals surface area (Å²) in [4.78, 5) is 17.9. The highest BCUT2D eigenvalue weighted by Gasteiger charge is 2.17. The number of likely N-dealkylation sites (N-methyl/N-ethyl adjacent to an activating group) is 1. The van der Waals surface area contributed by atoms with Gasteiger partial charge in [0.2, 0.25) is 11.7 Å². The summed E-state index contributed by atoms with van der Waals surface area (Å²) in [6.45, 7) is 6.51. The predicted molar refractivity (Wildman–Crippen MR) is 85.9 cm³/mol. The number of nitrogens with zero attached hydrogens (tertiary/aromatic N) is 3. The standard InChI is InChI=1S/C15H19ClN4O2/c1-4-20(9-13(21)17-10(2)3)15-18-14(19-22-15)11-6-5-7-12(16)8-11/h5-8,10H,4,9H2,1-3H3,(H,17,21). The zero-order chi connectivity index (χ0) is 16.1. The fraction of sp³-hybridized carbons (Fsp3) is 0.400. The van der Waals surface area contributed by atoms with Gasteiger partial charge in [0.05, 0.1) is 0 Å². The third kappa shape index (κ3) is 4.21. The molecule has 0 fully saturated rings. The molecule has 22 heavy (non-hydrogen) atoms. The highest BCUT2D eigenvalue weighted by molar-refractivity contribution is 6.30. The number of carbonyl (C=O) groups is 1. The lowest BCUT2D eigenvalue weighted by atomic mass is 10.2. The monoisotopic (exact) mass is 322 g/mol. The first-order valence-electron chi connectivity index (χ1n) is 7.13. The molecule has 0 aliphatic heterocycles. The number of anilines is 1. The molecule has 2 rings (SSSR count). The average Bonchev–Trinajstić information content (AvgIpc) is 2.93. The first-order chi connectivity index (χ1) is 10.5. The van der Waals surface area contributed by atoms with E-state index in [1.54, 1.807) is 17.0 Å². The lowest BCUT2D eigenvalue weighted by Crippen LogP contribution is -2.40. The number of hydrogen-bond acceptors (Lipinski definition) is 5. The fourth-order valence-electron chi connectivity index (χ4n) is 1.94. The van der Waals surface area contributed by atoms with E-state index >= 15 is 0 Å². The van der Waals surface area contributed by atoms with Crippen LogP contribution in [0.3, 0.4) is 0 Å². The molecule has 0 spiro atoms. The molecule has 0 saturated heterocycles. The molecule has 1 aromatic heterocycles. The van der Waals surface area contributed by atoms with Crippen LogP contribution in [0.25, 0.3) is 11.4 Å². The molecule has 0 bridgehead atoms. The zero-order valence-electron chi connectivity index (χ0n) is 12.8. The molecule has 7 heteroatoms. The molecule has 6 nitrogen and oxygen atoms in total. The van der Waals surface area contributed by atoms with Crippen LogP contribution in [-0.2, 0) is 4.79 Å². The van der Waals surface area contributed by atoms with E-state index < -0.39 is 0 Å². The van der Waals surface area contributed by atoms with E-state index in [1.807, 2.05) is 32.9 Å². The molecule has 0 aliphatic carbocycles. The average molecular weight is 323 g/mol. The van der Waals surface area contributed by atoms with Crippen molar-refractivity contribution in [3.8, 4) is 11.4 Å². The Morgan fingerprint density at radius 1 is 1.45 bits per heavy atom. The van der Waals surface area contributed by atoms with Gasteiger partial charge in [0, 0.05) is 23.2 Å². The molecule has 0 radical (unpaired) electrons. The van der Waals surface area contributed by atoms with Crippen molar-refractivity contribution >= 4 is 23.5 Å². The predicted octanol–water partition coefficient (Wildman–Crippen LogP) is 2.74. The molecule has 1 amide bonds.